The summed E-state index contributed by atoms with van der Waals surface area (Å²) in [6.07, 6.45) is 0.492. The Bertz CT molecular complexity index is 611. The summed E-state index contributed by atoms with van der Waals surface area (Å²) in [5.74, 6) is 0. The van der Waals surface area contributed by atoms with Gasteiger partial charge in [0.25, 0.3) is 5.69 Å². The van der Waals surface area contributed by atoms with Crippen LogP contribution in [0.3, 0.4) is 0 Å². The second-order valence-corrected chi connectivity index (χ2v) is 6.56. The number of nitro groups is 1. The zero-order valence-electron chi connectivity index (χ0n) is 11.7. The molecule has 1 aromatic carbocycles. The van der Waals surface area contributed by atoms with Crippen molar-refractivity contribution in [2.24, 2.45) is 5.73 Å². The molecule has 1 rings (SSSR count). The number of nitrogens with one attached hydrogen (secondary N) is 1. The highest BCUT2D eigenvalue weighted by Gasteiger charge is 2.22. The van der Waals surface area contributed by atoms with Gasteiger partial charge in [0.2, 0.25) is 10.0 Å². The Morgan fingerprint density at radius 1 is 1.35 bits per heavy atom. The van der Waals surface area contributed by atoms with Crippen molar-refractivity contribution in [2.75, 3.05) is 6.54 Å². The van der Waals surface area contributed by atoms with Crippen molar-refractivity contribution in [1.82, 2.24) is 4.72 Å². The quantitative estimate of drug-likeness (QED) is 0.605. The fraction of sp³-hybridized carbons (Fsp3) is 0.500. The van der Waals surface area contributed by atoms with Gasteiger partial charge in [-0.3, -0.25) is 10.1 Å². The molecule has 0 aliphatic carbocycles. The summed E-state index contributed by atoms with van der Waals surface area (Å²) in [6, 6.07) is 2.48. The molecule has 0 aromatic heterocycles. The van der Waals surface area contributed by atoms with Crippen LogP contribution in [0.15, 0.2) is 17.0 Å². The van der Waals surface area contributed by atoms with Crippen molar-refractivity contribution in [3.05, 3.63) is 33.4 Å². The summed E-state index contributed by atoms with van der Waals surface area (Å²) in [6.45, 7) is 5.15. The molecule has 0 spiro atoms. The molecule has 20 heavy (non-hydrogen) atoms. The second-order valence-electron chi connectivity index (χ2n) is 4.83. The fourth-order valence-electron chi connectivity index (χ4n) is 1.81. The van der Waals surface area contributed by atoms with Crippen molar-refractivity contribution in [2.45, 2.75) is 38.1 Å². The van der Waals surface area contributed by atoms with Crippen molar-refractivity contribution in [1.29, 1.82) is 0 Å². The van der Waals surface area contributed by atoms with E-state index < -0.39 is 14.9 Å². The molecule has 3 N–H and O–H groups in total. The van der Waals surface area contributed by atoms with Crippen molar-refractivity contribution < 1.29 is 13.3 Å². The summed E-state index contributed by atoms with van der Waals surface area (Å²) < 4.78 is 26.7. The number of nitro benzene ring substituents is 1. The van der Waals surface area contributed by atoms with Crippen LogP contribution in [0.1, 0.15) is 24.5 Å². The van der Waals surface area contributed by atoms with E-state index >= 15 is 0 Å². The zero-order chi connectivity index (χ0) is 15.5. The fourth-order valence-corrected chi connectivity index (χ4v) is 3.10. The largest absolute Gasteiger partial charge is 0.328 e. The van der Waals surface area contributed by atoms with E-state index in [0.717, 1.165) is 6.07 Å². The van der Waals surface area contributed by atoms with Gasteiger partial charge in [-0.1, -0.05) is 0 Å². The molecular weight excluding hydrogens is 282 g/mol. The van der Waals surface area contributed by atoms with Crippen LogP contribution < -0.4 is 10.5 Å². The Balaban J connectivity index is 3.11. The van der Waals surface area contributed by atoms with Crippen molar-refractivity contribution in [3.8, 4) is 0 Å². The Morgan fingerprint density at radius 2 is 1.95 bits per heavy atom. The van der Waals surface area contributed by atoms with E-state index in [1.807, 2.05) is 0 Å². The smallest absolute Gasteiger partial charge is 0.273 e. The van der Waals surface area contributed by atoms with Gasteiger partial charge in [-0.05, 0) is 38.8 Å². The van der Waals surface area contributed by atoms with Gasteiger partial charge in [-0.25, -0.2) is 13.1 Å². The minimum atomic E-state index is -3.77. The lowest BCUT2D eigenvalue weighted by Crippen LogP contribution is -2.29. The molecule has 0 amide bonds. The highest BCUT2D eigenvalue weighted by atomic mass is 32.2. The molecule has 8 heteroatoms. The normalized spacial score (nSPS) is 13.2. The van der Waals surface area contributed by atoms with Gasteiger partial charge >= 0.3 is 0 Å². The van der Waals surface area contributed by atoms with E-state index in [9.17, 15) is 18.5 Å². The molecule has 112 valence electrons. The standard InChI is InChI=1S/C12H19N3O4S/c1-8-6-9(2)12(7-11(8)15(16)17)20(18,19)14-5-4-10(3)13/h6-7,10,14H,4-5,13H2,1-3H3. The Hall–Kier alpha value is -1.51. The van der Waals surface area contributed by atoms with Gasteiger partial charge in [0, 0.05) is 24.2 Å². The molecule has 1 aromatic rings. The van der Waals surface area contributed by atoms with E-state index in [0.29, 0.717) is 17.5 Å². The van der Waals surface area contributed by atoms with Gasteiger partial charge in [0.05, 0.1) is 9.82 Å². The molecule has 0 heterocycles. The predicted molar refractivity (Wildman–Crippen MR) is 76.0 cm³/mol. The summed E-state index contributed by atoms with van der Waals surface area (Å²) in [4.78, 5) is 10.2. The van der Waals surface area contributed by atoms with E-state index in [2.05, 4.69) is 4.72 Å². The minimum Gasteiger partial charge on any atom is -0.328 e. The first-order valence-corrected chi connectivity index (χ1v) is 7.64. The molecule has 0 bridgehead atoms. The Kier molecular flexibility index (Phi) is 5.21. The number of rotatable bonds is 6. The number of sulfonamides is 1. The Morgan fingerprint density at radius 3 is 2.45 bits per heavy atom. The zero-order valence-corrected chi connectivity index (χ0v) is 12.5. The highest BCUT2D eigenvalue weighted by Crippen LogP contribution is 2.25. The van der Waals surface area contributed by atoms with Gasteiger partial charge in [0.1, 0.15) is 0 Å². The highest BCUT2D eigenvalue weighted by molar-refractivity contribution is 7.89. The van der Waals surface area contributed by atoms with Crippen LogP contribution in [0.5, 0.6) is 0 Å². The van der Waals surface area contributed by atoms with Gasteiger partial charge in [-0.2, -0.15) is 0 Å². The van der Waals surface area contributed by atoms with Crippen LogP contribution in [0.2, 0.25) is 0 Å². The number of nitrogens with two attached hydrogens (primary N) is 1. The molecule has 1 unspecified atom stereocenters. The lowest BCUT2D eigenvalue weighted by atomic mass is 10.1. The molecule has 0 aliphatic rings. The van der Waals surface area contributed by atoms with Crippen LogP contribution in [-0.4, -0.2) is 25.9 Å². The van der Waals surface area contributed by atoms with Crippen LogP contribution in [0, 0.1) is 24.0 Å². The lowest BCUT2D eigenvalue weighted by molar-refractivity contribution is -0.385. The van der Waals surface area contributed by atoms with E-state index in [-0.39, 0.29) is 23.2 Å². The maximum atomic E-state index is 12.1. The van der Waals surface area contributed by atoms with Crippen LogP contribution in [0.25, 0.3) is 0 Å². The maximum absolute atomic E-state index is 12.1. The van der Waals surface area contributed by atoms with Gasteiger partial charge < -0.3 is 5.73 Å². The first-order valence-electron chi connectivity index (χ1n) is 6.16. The molecule has 0 aliphatic heterocycles. The summed E-state index contributed by atoms with van der Waals surface area (Å²) in [5.41, 5.74) is 6.25. The molecule has 0 radical (unpaired) electrons. The number of hydrogen-bond acceptors (Lipinski definition) is 5. The van der Waals surface area contributed by atoms with Crippen LogP contribution in [0.4, 0.5) is 5.69 Å². The Labute approximate surface area is 118 Å². The molecule has 7 nitrogen and oxygen atoms in total. The topological polar surface area (TPSA) is 115 Å². The third-order valence-corrected chi connectivity index (χ3v) is 4.47. The molecular formula is C12H19N3O4S. The second kappa shape index (κ2) is 6.29. The minimum absolute atomic E-state index is 0.0699. The van der Waals surface area contributed by atoms with Crippen LogP contribution >= 0.6 is 0 Å². The van der Waals surface area contributed by atoms with E-state index in [1.54, 1.807) is 20.8 Å². The first-order chi connectivity index (χ1) is 9.15. The molecule has 1 atom stereocenters. The number of benzene rings is 1. The van der Waals surface area contributed by atoms with Gasteiger partial charge in [-0.15, -0.1) is 0 Å². The molecule has 0 saturated carbocycles. The van der Waals surface area contributed by atoms with Crippen molar-refractivity contribution >= 4 is 15.7 Å². The third-order valence-electron chi connectivity index (χ3n) is 2.87. The van der Waals surface area contributed by atoms with Gasteiger partial charge in [0.15, 0.2) is 0 Å². The average molecular weight is 301 g/mol. The summed E-state index contributed by atoms with van der Waals surface area (Å²) in [5, 5.41) is 10.9. The van der Waals surface area contributed by atoms with E-state index in [4.69, 9.17) is 5.73 Å². The summed E-state index contributed by atoms with van der Waals surface area (Å²) in [7, 11) is -3.77. The molecule has 0 fully saturated rings. The van der Waals surface area contributed by atoms with E-state index in [1.165, 1.54) is 6.07 Å². The third kappa shape index (κ3) is 3.99. The molecule has 0 saturated heterocycles. The summed E-state index contributed by atoms with van der Waals surface area (Å²) >= 11 is 0. The average Bonchev–Trinajstić information content (AvgIpc) is 2.26. The number of nitrogens with zero attached hydrogens (tertiary/aromatic N) is 1. The maximum Gasteiger partial charge on any atom is 0.273 e. The number of aryl methyl sites for hydroxylation is 2. The number of hydrogen-bond donors (Lipinski definition) is 2. The SMILES string of the molecule is Cc1cc(C)c(S(=O)(=O)NCCC(C)N)cc1[N+](=O)[O-]. The monoisotopic (exact) mass is 301 g/mol. The van der Waals surface area contributed by atoms with Crippen molar-refractivity contribution in [3.63, 3.8) is 0 Å². The van der Waals surface area contributed by atoms with Crippen LogP contribution in [-0.2, 0) is 10.0 Å². The lowest BCUT2D eigenvalue weighted by Gasteiger charge is -2.11. The predicted octanol–water partition coefficient (Wildman–Crippen LogP) is 1.23. The first kappa shape index (κ1) is 16.5.